The van der Waals surface area contributed by atoms with Gasteiger partial charge in [-0.1, -0.05) is 6.08 Å². The topological polar surface area (TPSA) is 79.4 Å². The van der Waals surface area contributed by atoms with Gasteiger partial charge < -0.3 is 15.4 Å². The largest absolute Gasteiger partial charge is 0.379 e. The third kappa shape index (κ3) is 5.13. The third-order valence-electron chi connectivity index (χ3n) is 3.13. The van der Waals surface area contributed by atoms with Crippen LogP contribution in [0.15, 0.2) is 25.0 Å². The van der Waals surface area contributed by atoms with Gasteiger partial charge in [-0.25, -0.2) is 9.97 Å². The smallest absolute Gasteiger partial charge is 0.271 e. The molecule has 0 saturated carbocycles. The quantitative estimate of drug-likeness (QED) is 0.696. The van der Waals surface area contributed by atoms with Crippen molar-refractivity contribution in [1.29, 1.82) is 0 Å². The van der Waals surface area contributed by atoms with Crippen LogP contribution in [0.1, 0.15) is 10.5 Å². The van der Waals surface area contributed by atoms with Crippen LogP contribution in [0.3, 0.4) is 0 Å². The number of anilines is 1. The molecule has 0 radical (unpaired) electrons. The molecule has 21 heavy (non-hydrogen) atoms. The predicted octanol–water partition coefficient (Wildman–Crippen LogP) is 0.137. The molecule has 1 aliphatic heterocycles. The van der Waals surface area contributed by atoms with Crippen LogP contribution in [-0.2, 0) is 4.74 Å². The highest BCUT2D eigenvalue weighted by molar-refractivity contribution is 5.91. The standard InChI is InChI=1S/C14H21N5O2/c1-2-3-15-13-11-17-12(10-18-13)14(20)16-4-5-19-6-8-21-9-7-19/h2,10-11H,1,3-9H2,(H,15,18)(H,16,20). The highest BCUT2D eigenvalue weighted by Gasteiger charge is 2.11. The second-order valence-electron chi connectivity index (χ2n) is 4.67. The number of hydrogen-bond acceptors (Lipinski definition) is 6. The highest BCUT2D eigenvalue weighted by atomic mass is 16.5. The highest BCUT2D eigenvalue weighted by Crippen LogP contribution is 2.01. The maximum atomic E-state index is 11.9. The second kappa shape index (κ2) is 8.33. The molecule has 7 nitrogen and oxygen atoms in total. The van der Waals surface area contributed by atoms with E-state index >= 15 is 0 Å². The molecule has 1 aromatic rings. The molecule has 1 aromatic heterocycles. The van der Waals surface area contributed by atoms with Gasteiger partial charge in [0.05, 0.1) is 25.6 Å². The SMILES string of the molecule is C=CCNc1cnc(C(=O)NCCN2CCOCC2)cn1. The van der Waals surface area contributed by atoms with Crippen molar-refractivity contribution < 1.29 is 9.53 Å². The van der Waals surface area contributed by atoms with E-state index in [4.69, 9.17) is 4.74 Å². The zero-order valence-electron chi connectivity index (χ0n) is 12.0. The first-order valence-electron chi connectivity index (χ1n) is 7.04. The molecular weight excluding hydrogens is 270 g/mol. The summed E-state index contributed by atoms with van der Waals surface area (Å²) < 4.78 is 5.28. The van der Waals surface area contributed by atoms with Gasteiger partial charge in [0.25, 0.3) is 5.91 Å². The minimum absolute atomic E-state index is 0.203. The number of amides is 1. The Labute approximate surface area is 124 Å². The Morgan fingerprint density at radius 3 is 2.86 bits per heavy atom. The van der Waals surface area contributed by atoms with Gasteiger partial charge >= 0.3 is 0 Å². The lowest BCUT2D eigenvalue weighted by atomic mass is 10.4. The molecule has 114 valence electrons. The molecular formula is C14H21N5O2. The normalized spacial score (nSPS) is 15.4. The van der Waals surface area contributed by atoms with Gasteiger partial charge in [-0.05, 0) is 0 Å². The zero-order chi connectivity index (χ0) is 14.9. The number of carbonyl (C=O) groups is 1. The number of aromatic nitrogens is 2. The number of morpholine rings is 1. The molecule has 1 aliphatic rings. The van der Waals surface area contributed by atoms with Gasteiger partial charge in [0.2, 0.25) is 0 Å². The summed E-state index contributed by atoms with van der Waals surface area (Å²) in [6.45, 7) is 8.99. The summed E-state index contributed by atoms with van der Waals surface area (Å²) >= 11 is 0. The summed E-state index contributed by atoms with van der Waals surface area (Å²) in [5, 5.41) is 5.85. The van der Waals surface area contributed by atoms with Crippen molar-refractivity contribution in [1.82, 2.24) is 20.2 Å². The molecule has 2 rings (SSSR count). The van der Waals surface area contributed by atoms with Crippen LogP contribution < -0.4 is 10.6 Å². The van der Waals surface area contributed by atoms with E-state index in [0.717, 1.165) is 32.8 Å². The van der Waals surface area contributed by atoms with Crippen molar-refractivity contribution in [2.45, 2.75) is 0 Å². The molecule has 0 spiro atoms. The molecule has 0 aromatic carbocycles. The van der Waals surface area contributed by atoms with E-state index in [1.807, 2.05) is 0 Å². The molecule has 0 atom stereocenters. The number of ether oxygens (including phenoxy) is 1. The van der Waals surface area contributed by atoms with Gasteiger partial charge in [0.15, 0.2) is 0 Å². The summed E-state index contributed by atoms with van der Waals surface area (Å²) in [6.07, 6.45) is 4.74. The number of carbonyl (C=O) groups excluding carboxylic acids is 1. The Kier molecular flexibility index (Phi) is 6.11. The summed E-state index contributed by atoms with van der Waals surface area (Å²) in [7, 11) is 0. The molecule has 0 aliphatic carbocycles. The Morgan fingerprint density at radius 2 is 2.19 bits per heavy atom. The minimum atomic E-state index is -0.203. The lowest BCUT2D eigenvalue weighted by molar-refractivity contribution is 0.0383. The first-order valence-corrected chi connectivity index (χ1v) is 7.04. The van der Waals surface area contributed by atoms with Crippen molar-refractivity contribution >= 4 is 11.7 Å². The van der Waals surface area contributed by atoms with Gasteiger partial charge in [0, 0.05) is 32.7 Å². The lowest BCUT2D eigenvalue weighted by Crippen LogP contribution is -2.41. The third-order valence-corrected chi connectivity index (χ3v) is 3.13. The van der Waals surface area contributed by atoms with Crippen LogP contribution in [-0.4, -0.2) is 66.7 Å². The molecule has 1 amide bonds. The predicted molar refractivity (Wildman–Crippen MR) is 80.3 cm³/mol. The van der Waals surface area contributed by atoms with Crippen LogP contribution in [0.5, 0.6) is 0 Å². The average molecular weight is 291 g/mol. The van der Waals surface area contributed by atoms with E-state index < -0.39 is 0 Å². The van der Waals surface area contributed by atoms with Crippen molar-refractivity contribution in [2.24, 2.45) is 0 Å². The number of hydrogen-bond donors (Lipinski definition) is 2. The molecule has 0 bridgehead atoms. The van der Waals surface area contributed by atoms with E-state index in [1.54, 1.807) is 12.3 Å². The summed E-state index contributed by atoms with van der Waals surface area (Å²) in [5.41, 5.74) is 0.320. The van der Waals surface area contributed by atoms with Crippen molar-refractivity contribution in [2.75, 3.05) is 51.3 Å². The Balaban J connectivity index is 1.73. The Hall–Kier alpha value is -1.99. The number of nitrogens with one attached hydrogen (secondary N) is 2. The van der Waals surface area contributed by atoms with Crippen molar-refractivity contribution in [3.63, 3.8) is 0 Å². The summed E-state index contributed by atoms with van der Waals surface area (Å²) in [4.78, 5) is 22.4. The Bertz CT molecular complexity index is 457. The fourth-order valence-electron chi connectivity index (χ4n) is 1.96. The van der Waals surface area contributed by atoms with E-state index in [9.17, 15) is 4.79 Å². The van der Waals surface area contributed by atoms with E-state index in [0.29, 0.717) is 24.6 Å². The summed E-state index contributed by atoms with van der Waals surface area (Å²) in [6, 6.07) is 0. The molecule has 1 saturated heterocycles. The van der Waals surface area contributed by atoms with E-state index in [2.05, 4.69) is 32.1 Å². The molecule has 7 heteroatoms. The molecule has 2 N–H and O–H groups in total. The van der Waals surface area contributed by atoms with Gasteiger partial charge in [-0.15, -0.1) is 6.58 Å². The van der Waals surface area contributed by atoms with Crippen LogP contribution in [0.4, 0.5) is 5.82 Å². The van der Waals surface area contributed by atoms with Gasteiger partial charge in [-0.2, -0.15) is 0 Å². The number of rotatable bonds is 7. The minimum Gasteiger partial charge on any atom is -0.379 e. The second-order valence-corrected chi connectivity index (χ2v) is 4.67. The monoisotopic (exact) mass is 291 g/mol. The Morgan fingerprint density at radius 1 is 1.38 bits per heavy atom. The molecule has 2 heterocycles. The van der Waals surface area contributed by atoms with Crippen molar-refractivity contribution in [3.05, 3.63) is 30.7 Å². The van der Waals surface area contributed by atoms with E-state index in [1.165, 1.54) is 6.20 Å². The van der Waals surface area contributed by atoms with E-state index in [-0.39, 0.29) is 5.91 Å². The number of nitrogens with zero attached hydrogens (tertiary/aromatic N) is 3. The van der Waals surface area contributed by atoms with Crippen LogP contribution in [0, 0.1) is 0 Å². The van der Waals surface area contributed by atoms with Gasteiger partial charge in [-0.3, -0.25) is 9.69 Å². The zero-order valence-corrected chi connectivity index (χ0v) is 12.0. The van der Waals surface area contributed by atoms with Crippen LogP contribution in [0.25, 0.3) is 0 Å². The fraction of sp³-hybridized carbons (Fsp3) is 0.500. The van der Waals surface area contributed by atoms with Crippen LogP contribution >= 0.6 is 0 Å². The first-order chi connectivity index (χ1) is 10.3. The molecule has 1 fully saturated rings. The maximum absolute atomic E-state index is 11.9. The maximum Gasteiger partial charge on any atom is 0.271 e. The lowest BCUT2D eigenvalue weighted by Gasteiger charge is -2.26. The van der Waals surface area contributed by atoms with Crippen molar-refractivity contribution in [3.8, 4) is 0 Å². The van der Waals surface area contributed by atoms with Gasteiger partial charge in [0.1, 0.15) is 11.5 Å². The average Bonchev–Trinajstić information content (AvgIpc) is 2.54. The fourth-order valence-corrected chi connectivity index (χ4v) is 1.96. The van der Waals surface area contributed by atoms with Crippen LogP contribution in [0.2, 0.25) is 0 Å². The first kappa shape index (κ1) is 15.4. The molecule has 0 unspecified atom stereocenters. The summed E-state index contributed by atoms with van der Waals surface area (Å²) in [5.74, 6) is 0.422.